The minimum Gasteiger partial charge on any atom is -0.496 e. The number of nitrogens with zero attached hydrogens (tertiary/aromatic N) is 2. The van der Waals surface area contributed by atoms with E-state index in [1.54, 1.807) is 11.6 Å². The van der Waals surface area contributed by atoms with Crippen molar-refractivity contribution in [3.8, 4) is 5.75 Å². The largest absolute Gasteiger partial charge is 0.496 e. The Balaban J connectivity index is 0.00000432. The number of amides is 2. The Kier molecular flexibility index (Phi) is 10.8. The van der Waals surface area contributed by atoms with Gasteiger partial charge < -0.3 is 20.5 Å². The predicted molar refractivity (Wildman–Crippen MR) is 137 cm³/mol. The Hall–Kier alpha value is -2.40. The number of rotatable bonds is 8. The van der Waals surface area contributed by atoms with Crippen molar-refractivity contribution in [1.29, 1.82) is 0 Å². The number of halogens is 2. The summed E-state index contributed by atoms with van der Waals surface area (Å²) in [5.41, 5.74) is 6.33. The van der Waals surface area contributed by atoms with Gasteiger partial charge >= 0.3 is 5.97 Å². The quantitative estimate of drug-likeness (QED) is 0.484. The molecule has 12 heteroatoms. The van der Waals surface area contributed by atoms with E-state index >= 15 is 0 Å². The van der Waals surface area contributed by atoms with Gasteiger partial charge in [0.25, 0.3) is 5.91 Å². The first-order chi connectivity index (χ1) is 16.2. The highest BCUT2D eigenvalue weighted by Crippen LogP contribution is 2.33. The molecule has 1 aliphatic rings. The second kappa shape index (κ2) is 13.1. The van der Waals surface area contributed by atoms with E-state index in [9.17, 15) is 14.4 Å². The van der Waals surface area contributed by atoms with Gasteiger partial charge in [-0.05, 0) is 24.8 Å². The molecule has 0 saturated heterocycles. The first-order valence-electron chi connectivity index (χ1n) is 11.0. The van der Waals surface area contributed by atoms with Crippen molar-refractivity contribution in [3.63, 3.8) is 0 Å². The first kappa shape index (κ1) is 28.8. The van der Waals surface area contributed by atoms with Crippen LogP contribution in [-0.2, 0) is 21.1 Å². The number of carbonyl (C=O) groups is 3. The number of thiazole rings is 1. The van der Waals surface area contributed by atoms with Gasteiger partial charge in [0.1, 0.15) is 11.8 Å². The minimum absolute atomic E-state index is 0. The number of benzene rings is 1. The summed E-state index contributed by atoms with van der Waals surface area (Å²) < 4.78 is 12.1. The van der Waals surface area contributed by atoms with Gasteiger partial charge in [-0.15, -0.1) is 23.7 Å². The van der Waals surface area contributed by atoms with Crippen LogP contribution in [0.4, 0.5) is 5.69 Å². The summed E-state index contributed by atoms with van der Waals surface area (Å²) in [6.07, 6.45) is 5.44. The molecule has 1 unspecified atom stereocenters. The highest BCUT2D eigenvalue weighted by atomic mass is 35.5. The SMILES string of the molecule is COc1cc(NC(=O)C2CCCC2)c(Cl)cc1C(=O)N=c1sccn1COC(=O)C(N)C(C)C.Cl. The summed E-state index contributed by atoms with van der Waals surface area (Å²) in [4.78, 5) is 41.9. The second-order valence-corrected chi connectivity index (χ2v) is 9.72. The number of hydrogen-bond donors (Lipinski definition) is 2. The maximum atomic E-state index is 12.9. The topological polar surface area (TPSA) is 125 Å². The molecular formula is C23H30Cl2N4O5S. The lowest BCUT2D eigenvalue weighted by Crippen LogP contribution is -2.37. The monoisotopic (exact) mass is 544 g/mol. The van der Waals surface area contributed by atoms with E-state index in [0.717, 1.165) is 25.7 Å². The van der Waals surface area contributed by atoms with Crippen molar-refractivity contribution in [3.05, 3.63) is 39.1 Å². The van der Waals surface area contributed by atoms with Crippen LogP contribution in [0.5, 0.6) is 5.75 Å². The molecule has 1 atom stereocenters. The zero-order valence-corrected chi connectivity index (χ0v) is 22.2. The van der Waals surface area contributed by atoms with E-state index in [2.05, 4.69) is 10.3 Å². The Morgan fingerprint density at radius 1 is 1.29 bits per heavy atom. The van der Waals surface area contributed by atoms with Crippen molar-refractivity contribution in [1.82, 2.24) is 4.57 Å². The van der Waals surface area contributed by atoms with Gasteiger partial charge in [-0.2, -0.15) is 4.99 Å². The van der Waals surface area contributed by atoms with Crippen molar-refractivity contribution >= 4 is 58.8 Å². The van der Waals surface area contributed by atoms with Crippen LogP contribution in [0.25, 0.3) is 0 Å². The number of carbonyl (C=O) groups excluding carboxylic acids is 3. The van der Waals surface area contributed by atoms with Gasteiger partial charge in [0.15, 0.2) is 11.5 Å². The van der Waals surface area contributed by atoms with Crippen molar-refractivity contribution < 1.29 is 23.9 Å². The van der Waals surface area contributed by atoms with E-state index in [0.29, 0.717) is 10.5 Å². The molecule has 1 fully saturated rings. The Morgan fingerprint density at radius 3 is 2.60 bits per heavy atom. The molecule has 35 heavy (non-hydrogen) atoms. The maximum absolute atomic E-state index is 12.9. The lowest BCUT2D eigenvalue weighted by atomic mass is 10.1. The summed E-state index contributed by atoms with van der Waals surface area (Å²) >= 11 is 7.57. The fourth-order valence-corrected chi connectivity index (χ4v) is 4.47. The summed E-state index contributed by atoms with van der Waals surface area (Å²) in [6, 6.07) is 2.21. The van der Waals surface area contributed by atoms with Gasteiger partial charge in [0, 0.05) is 23.6 Å². The number of ether oxygens (including phenoxy) is 2. The highest BCUT2D eigenvalue weighted by Gasteiger charge is 2.24. The van der Waals surface area contributed by atoms with Crippen LogP contribution in [0.15, 0.2) is 28.7 Å². The Morgan fingerprint density at radius 2 is 1.97 bits per heavy atom. The Labute approximate surface area is 219 Å². The van der Waals surface area contributed by atoms with Gasteiger partial charge in [-0.25, -0.2) is 0 Å². The van der Waals surface area contributed by atoms with Gasteiger partial charge in [-0.1, -0.05) is 38.3 Å². The average molecular weight is 545 g/mol. The van der Waals surface area contributed by atoms with Gasteiger partial charge in [-0.3, -0.25) is 19.0 Å². The van der Waals surface area contributed by atoms with E-state index in [1.807, 2.05) is 13.8 Å². The van der Waals surface area contributed by atoms with E-state index in [4.69, 9.17) is 26.8 Å². The van der Waals surface area contributed by atoms with Crippen molar-refractivity contribution in [2.45, 2.75) is 52.3 Å². The number of nitrogens with one attached hydrogen (secondary N) is 1. The molecule has 192 valence electrons. The number of esters is 1. The molecule has 1 saturated carbocycles. The molecule has 3 rings (SSSR count). The molecule has 2 aromatic rings. The standard InChI is InChI=1S/C23H29ClN4O5S.ClH/c1-13(2)19(25)22(31)33-12-28-8-9-34-23(28)27-21(30)15-10-16(24)17(11-18(15)32-3)26-20(29)14-6-4-5-7-14;/h8-11,13-14,19H,4-7,12,25H2,1-3H3,(H,26,29);1H. The van der Waals surface area contributed by atoms with Crippen LogP contribution < -0.4 is 20.6 Å². The number of aromatic nitrogens is 1. The molecular weight excluding hydrogens is 515 g/mol. The third-order valence-corrected chi connectivity index (χ3v) is 6.80. The molecule has 0 aliphatic heterocycles. The Bertz CT molecular complexity index is 1130. The summed E-state index contributed by atoms with van der Waals surface area (Å²) in [5, 5.41) is 4.76. The minimum atomic E-state index is -0.736. The first-order valence-corrected chi connectivity index (χ1v) is 12.3. The van der Waals surface area contributed by atoms with E-state index in [1.165, 1.54) is 35.1 Å². The predicted octanol–water partition coefficient (Wildman–Crippen LogP) is 3.99. The fraction of sp³-hybridized carbons (Fsp3) is 0.478. The van der Waals surface area contributed by atoms with Crippen LogP contribution in [0.1, 0.15) is 49.9 Å². The number of anilines is 1. The van der Waals surface area contributed by atoms with Crippen LogP contribution in [0.3, 0.4) is 0 Å². The fourth-order valence-electron chi connectivity index (χ4n) is 3.54. The van der Waals surface area contributed by atoms with Gasteiger partial charge in [0.2, 0.25) is 5.91 Å². The summed E-state index contributed by atoms with van der Waals surface area (Å²) in [6.45, 7) is 3.53. The smallest absolute Gasteiger partial charge is 0.324 e. The van der Waals surface area contributed by atoms with Crippen LogP contribution >= 0.6 is 35.3 Å². The van der Waals surface area contributed by atoms with Crippen LogP contribution in [0.2, 0.25) is 5.02 Å². The molecule has 0 bridgehead atoms. The zero-order chi connectivity index (χ0) is 24.8. The molecule has 0 spiro atoms. The molecule has 1 heterocycles. The molecule has 0 radical (unpaired) electrons. The number of methoxy groups -OCH3 is 1. The van der Waals surface area contributed by atoms with Crippen LogP contribution in [-0.4, -0.2) is 35.5 Å². The second-order valence-electron chi connectivity index (χ2n) is 8.44. The zero-order valence-electron chi connectivity index (χ0n) is 19.8. The van der Waals surface area contributed by atoms with Gasteiger partial charge in [0.05, 0.1) is 23.4 Å². The molecule has 1 aromatic carbocycles. The molecule has 9 nitrogen and oxygen atoms in total. The number of nitrogens with two attached hydrogens (primary N) is 1. The van der Waals surface area contributed by atoms with Crippen molar-refractivity contribution in [2.75, 3.05) is 12.4 Å². The van der Waals surface area contributed by atoms with E-state index in [-0.39, 0.29) is 53.2 Å². The highest BCUT2D eigenvalue weighted by molar-refractivity contribution is 7.07. The third-order valence-electron chi connectivity index (χ3n) is 5.70. The lowest BCUT2D eigenvalue weighted by molar-refractivity contribution is -0.150. The van der Waals surface area contributed by atoms with E-state index < -0.39 is 17.9 Å². The maximum Gasteiger partial charge on any atom is 0.324 e. The van der Waals surface area contributed by atoms with Crippen molar-refractivity contribution in [2.24, 2.45) is 22.6 Å². The lowest BCUT2D eigenvalue weighted by Gasteiger charge is -2.15. The normalized spacial score (nSPS) is 15.0. The molecule has 2 amide bonds. The van der Waals surface area contributed by atoms with Crippen LogP contribution in [0, 0.1) is 11.8 Å². The summed E-state index contributed by atoms with van der Waals surface area (Å²) in [7, 11) is 1.42. The summed E-state index contributed by atoms with van der Waals surface area (Å²) in [5.74, 6) is -1.07. The molecule has 3 N–H and O–H groups in total. The molecule has 1 aromatic heterocycles. The third kappa shape index (κ3) is 7.30. The number of hydrogen-bond acceptors (Lipinski definition) is 7. The average Bonchev–Trinajstić information content (AvgIpc) is 3.50. The molecule has 1 aliphatic carbocycles.